The van der Waals surface area contributed by atoms with E-state index in [1.165, 1.54) is 25.7 Å². The zero-order chi connectivity index (χ0) is 11.4. The van der Waals surface area contributed by atoms with Crippen molar-refractivity contribution in [3.63, 3.8) is 0 Å². The normalized spacial score (nSPS) is 18.5. The van der Waals surface area contributed by atoms with E-state index in [0.29, 0.717) is 6.04 Å². The van der Waals surface area contributed by atoms with Gasteiger partial charge in [0.05, 0.1) is 17.8 Å². The van der Waals surface area contributed by atoms with Gasteiger partial charge in [0.15, 0.2) is 0 Å². The van der Waals surface area contributed by atoms with E-state index in [2.05, 4.69) is 33.3 Å². The lowest BCUT2D eigenvalue weighted by Crippen LogP contribution is -2.23. The summed E-state index contributed by atoms with van der Waals surface area (Å²) in [6, 6.07) is 2.81. The third kappa shape index (κ3) is 2.65. The summed E-state index contributed by atoms with van der Waals surface area (Å²) >= 11 is 0. The predicted octanol–water partition coefficient (Wildman–Crippen LogP) is 2.11. The van der Waals surface area contributed by atoms with Crippen LogP contribution in [0.1, 0.15) is 44.3 Å². The molecule has 1 aromatic rings. The van der Waals surface area contributed by atoms with E-state index in [9.17, 15) is 0 Å². The Morgan fingerprint density at radius 1 is 1.62 bits per heavy atom. The highest BCUT2D eigenvalue weighted by Crippen LogP contribution is 2.28. The van der Waals surface area contributed by atoms with Gasteiger partial charge in [0.2, 0.25) is 0 Å². The molecule has 3 heteroatoms. The molecule has 0 amide bonds. The standard InChI is InChI=1S/C13H19N3/c1-3-11(2)14-10-12-8-9-16(15-12)13-6-4-5-7-13/h1,8-9,11,13-14H,4-7,10H2,2H3. The molecule has 0 radical (unpaired) electrons. The van der Waals surface area contributed by atoms with Gasteiger partial charge in [-0.25, -0.2) is 0 Å². The number of nitrogens with one attached hydrogen (secondary N) is 1. The van der Waals surface area contributed by atoms with Crippen LogP contribution in [-0.2, 0) is 6.54 Å². The van der Waals surface area contributed by atoms with Crippen LogP contribution in [0.25, 0.3) is 0 Å². The minimum atomic E-state index is 0.108. The second kappa shape index (κ2) is 5.18. The van der Waals surface area contributed by atoms with Crippen LogP contribution in [0, 0.1) is 12.3 Å². The number of aromatic nitrogens is 2. The van der Waals surface area contributed by atoms with Crippen molar-refractivity contribution >= 4 is 0 Å². The summed E-state index contributed by atoms with van der Waals surface area (Å²) in [5, 5.41) is 7.82. The third-order valence-corrected chi connectivity index (χ3v) is 3.20. The number of hydrogen-bond donors (Lipinski definition) is 1. The van der Waals surface area contributed by atoms with Crippen molar-refractivity contribution in [3.05, 3.63) is 18.0 Å². The maximum atomic E-state index is 5.30. The average molecular weight is 217 g/mol. The van der Waals surface area contributed by atoms with Gasteiger partial charge in [-0.3, -0.25) is 10.00 Å². The second-order valence-corrected chi connectivity index (χ2v) is 4.49. The van der Waals surface area contributed by atoms with Crippen molar-refractivity contribution < 1.29 is 0 Å². The SMILES string of the molecule is C#CC(C)NCc1ccn(C2CCCC2)n1. The fourth-order valence-electron chi connectivity index (χ4n) is 2.16. The van der Waals surface area contributed by atoms with Crippen LogP contribution in [0.2, 0.25) is 0 Å². The summed E-state index contributed by atoms with van der Waals surface area (Å²) in [4.78, 5) is 0. The molecule has 2 rings (SSSR count). The first-order valence-electron chi connectivity index (χ1n) is 6.03. The third-order valence-electron chi connectivity index (χ3n) is 3.20. The molecule has 0 aliphatic heterocycles. The largest absolute Gasteiger partial charge is 0.298 e. The van der Waals surface area contributed by atoms with E-state index in [1.807, 2.05) is 6.92 Å². The second-order valence-electron chi connectivity index (χ2n) is 4.49. The van der Waals surface area contributed by atoms with E-state index >= 15 is 0 Å². The minimum Gasteiger partial charge on any atom is -0.298 e. The molecule has 1 aliphatic carbocycles. The Morgan fingerprint density at radius 2 is 2.38 bits per heavy atom. The molecule has 0 spiro atoms. The predicted molar refractivity (Wildman–Crippen MR) is 64.9 cm³/mol. The monoisotopic (exact) mass is 217 g/mol. The maximum absolute atomic E-state index is 5.30. The fourth-order valence-corrected chi connectivity index (χ4v) is 2.16. The topological polar surface area (TPSA) is 29.9 Å². The number of rotatable bonds is 4. The van der Waals surface area contributed by atoms with Crippen LogP contribution in [0.5, 0.6) is 0 Å². The van der Waals surface area contributed by atoms with Gasteiger partial charge < -0.3 is 0 Å². The van der Waals surface area contributed by atoms with Gasteiger partial charge in [0.25, 0.3) is 0 Å². The lowest BCUT2D eigenvalue weighted by atomic mass is 10.3. The van der Waals surface area contributed by atoms with Gasteiger partial charge in [-0.1, -0.05) is 18.8 Å². The molecule has 0 bridgehead atoms. The molecule has 1 heterocycles. The van der Waals surface area contributed by atoms with Crippen molar-refractivity contribution in [3.8, 4) is 12.3 Å². The molecule has 1 aromatic heterocycles. The Kier molecular flexibility index (Phi) is 3.63. The van der Waals surface area contributed by atoms with Crippen LogP contribution in [0.4, 0.5) is 0 Å². The van der Waals surface area contributed by atoms with Crippen LogP contribution >= 0.6 is 0 Å². The molecule has 3 nitrogen and oxygen atoms in total. The molecule has 86 valence electrons. The lowest BCUT2D eigenvalue weighted by molar-refractivity contribution is 0.460. The van der Waals surface area contributed by atoms with E-state index in [4.69, 9.17) is 6.42 Å². The van der Waals surface area contributed by atoms with Crippen LogP contribution < -0.4 is 5.32 Å². The maximum Gasteiger partial charge on any atom is 0.0762 e. The zero-order valence-electron chi connectivity index (χ0n) is 9.82. The Bertz CT molecular complexity index is 369. The highest BCUT2D eigenvalue weighted by atomic mass is 15.3. The number of nitrogens with zero attached hydrogens (tertiary/aromatic N) is 2. The van der Waals surface area contributed by atoms with E-state index in [1.54, 1.807) is 0 Å². The molecule has 0 aromatic carbocycles. The lowest BCUT2D eigenvalue weighted by Gasteiger charge is -2.09. The molecule has 1 atom stereocenters. The molecule has 1 unspecified atom stereocenters. The van der Waals surface area contributed by atoms with Gasteiger partial charge in [-0.05, 0) is 25.8 Å². The Balaban J connectivity index is 1.89. The van der Waals surface area contributed by atoms with E-state index in [0.717, 1.165) is 12.2 Å². The molecular formula is C13H19N3. The Morgan fingerprint density at radius 3 is 3.06 bits per heavy atom. The van der Waals surface area contributed by atoms with Crippen LogP contribution in [0.15, 0.2) is 12.3 Å². The Labute approximate surface area is 97.2 Å². The highest BCUT2D eigenvalue weighted by Gasteiger charge is 2.17. The summed E-state index contributed by atoms with van der Waals surface area (Å²) in [5.41, 5.74) is 1.08. The summed E-state index contributed by atoms with van der Waals surface area (Å²) in [6.45, 7) is 2.74. The molecule has 0 saturated heterocycles. The summed E-state index contributed by atoms with van der Waals surface area (Å²) in [6.07, 6.45) is 12.6. The quantitative estimate of drug-likeness (QED) is 0.783. The van der Waals surface area contributed by atoms with Crippen molar-refractivity contribution in [2.45, 2.75) is 51.2 Å². The van der Waals surface area contributed by atoms with Gasteiger partial charge in [0, 0.05) is 12.7 Å². The summed E-state index contributed by atoms with van der Waals surface area (Å²) < 4.78 is 2.12. The molecule has 1 fully saturated rings. The van der Waals surface area contributed by atoms with Crippen molar-refractivity contribution in [2.24, 2.45) is 0 Å². The van der Waals surface area contributed by atoms with Crippen LogP contribution in [-0.4, -0.2) is 15.8 Å². The van der Waals surface area contributed by atoms with Gasteiger partial charge in [0.1, 0.15) is 0 Å². The van der Waals surface area contributed by atoms with Gasteiger partial charge >= 0.3 is 0 Å². The van der Waals surface area contributed by atoms with Crippen molar-refractivity contribution in [2.75, 3.05) is 0 Å². The molecule has 1 aliphatic rings. The molecule has 1 saturated carbocycles. The van der Waals surface area contributed by atoms with E-state index in [-0.39, 0.29) is 6.04 Å². The van der Waals surface area contributed by atoms with Crippen molar-refractivity contribution in [1.29, 1.82) is 0 Å². The number of hydrogen-bond acceptors (Lipinski definition) is 2. The van der Waals surface area contributed by atoms with E-state index < -0.39 is 0 Å². The molecule has 16 heavy (non-hydrogen) atoms. The first kappa shape index (κ1) is 11.2. The molecule has 1 N–H and O–H groups in total. The van der Waals surface area contributed by atoms with Crippen LogP contribution in [0.3, 0.4) is 0 Å². The van der Waals surface area contributed by atoms with Crippen molar-refractivity contribution in [1.82, 2.24) is 15.1 Å². The average Bonchev–Trinajstić information content (AvgIpc) is 2.95. The zero-order valence-corrected chi connectivity index (χ0v) is 9.82. The summed E-state index contributed by atoms with van der Waals surface area (Å²) in [5.74, 6) is 2.65. The Hall–Kier alpha value is -1.27. The summed E-state index contributed by atoms with van der Waals surface area (Å²) in [7, 11) is 0. The smallest absolute Gasteiger partial charge is 0.0762 e. The number of terminal acetylenes is 1. The van der Waals surface area contributed by atoms with Gasteiger partial charge in [-0.2, -0.15) is 5.10 Å². The first-order valence-corrected chi connectivity index (χ1v) is 6.03. The highest BCUT2D eigenvalue weighted by molar-refractivity contribution is 5.02. The fraction of sp³-hybridized carbons (Fsp3) is 0.615. The molecular weight excluding hydrogens is 198 g/mol. The van der Waals surface area contributed by atoms with Gasteiger partial charge in [-0.15, -0.1) is 6.42 Å². The minimum absolute atomic E-state index is 0.108. The first-order chi connectivity index (χ1) is 7.79.